The van der Waals surface area contributed by atoms with Crippen LogP contribution in [0.3, 0.4) is 0 Å². The smallest absolute Gasteiger partial charge is 0.337 e. The van der Waals surface area contributed by atoms with E-state index in [0.717, 1.165) is 5.56 Å². The molecular formula is C15H17NO5S2. The molecule has 0 saturated heterocycles. The zero-order chi connectivity index (χ0) is 16.9. The number of hydrogen-bond donors (Lipinski definition) is 1. The predicted molar refractivity (Wildman–Crippen MR) is 87.0 cm³/mol. The lowest BCUT2D eigenvalue weighted by atomic mass is 10.2. The highest BCUT2D eigenvalue weighted by Crippen LogP contribution is 2.19. The Kier molecular flexibility index (Phi) is 5.89. The molecule has 8 heteroatoms. The van der Waals surface area contributed by atoms with Crippen molar-refractivity contribution >= 4 is 27.3 Å². The van der Waals surface area contributed by atoms with Crippen molar-refractivity contribution in [1.29, 1.82) is 0 Å². The summed E-state index contributed by atoms with van der Waals surface area (Å²) >= 11 is 1.52. The molecule has 23 heavy (non-hydrogen) atoms. The van der Waals surface area contributed by atoms with Crippen LogP contribution in [0.25, 0.3) is 0 Å². The molecule has 1 N–H and O–H groups in total. The number of methoxy groups -OCH3 is 2. The lowest BCUT2D eigenvalue weighted by Gasteiger charge is -2.15. The van der Waals surface area contributed by atoms with E-state index in [4.69, 9.17) is 4.74 Å². The van der Waals surface area contributed by atoms with Gasteiger partial charge in [0.2, 0.25) is 10.0 Å². The molecule has 6 nitrogen and oxygen atoms in total. The first-order valence-electron chi connectivity index (χ1n) is 6.71. The van der Waals surface area contributed by atoms with Gasteiger partial charge in [-0.25, -0.2) is 17.9 Å². The van der Waals surface area contributed by atoms with Crippen molar-refractivity contribution in [1.82, 2.24) is 4.72 Å². The van der Waals surface area contributed by atoms with Crippen molar-refractivity contribution in [2.45, 2.75) is 11.0 Å². The molecule has 1 heterocycles. The maximum Gasteiger partial charge on any atom is 0.337 e. The van der Waals surface area contributed by atoms with Crippen molar-refractivity contribution in [3.63, 3.8) is 0 Å². The highest BCUT2D eigenvalue weighted by Gasteiger charge is 2.18. The molecule has 0 bridgehead atoms. The van der Waals surface area contributed by atoms with Crippen LogP contribution < -0.4 is 4.72 Å². The standard InChI is InChI=1S/C15H17NO5S2/c1-20-14(12-7-8-22-10-12)9-16-23(18,19)13-5-3-11(4-6-13)15(17)21-2/h3-8,10,14,16H,9H2,1-2H3. The van der Waals surface area contributed by atoms with E-state index in [1.54, 1.807) is 0 Å². The number of carbonyl (C=O) groups is 1. The van der Waals surface area contributed by atoms with Gasteiger partial charge in [-0.2, -0.15) is 11.3 Å². The number of ether oxygens (including phenoxy) is 2. The summed E-state index contributed by atoms with van der Waals surface area (Å²) in [6, 6.07) is 7.43. The van der Waals surface area contributed by atoms with Crippen LogP contribution in [-0.2, 0) is 19.5 Å². The first-order chi connectivity index (χ1) is 11.0. The van der Waals surface area contributed by atoms with Gasteiger partial charge in [-0.1, -0.05) is 0 Å². The van der Waals surface area contributed by atoms with Gasteiger partial charge < -0.3 is 9.47 Å². The number of thiophene rings is 1. The summed E-state index contributed by atoms with van der Waals surface area (Å²) in [5.41, 5.74) is 1.21. The number of hydrogen-bond acceptors (Lipinski definition) is 6. The van der Waals surface area contributed by atoms with E-state index in [9.17, 15) is 13.2 Å². The van der Waals surface area contributed by atoms with Gasteiger partial charge >= 0.3 is 5.97 Å². The second-order valence-corrected chi connectivity index (χ2v) is 7.20. The monoisotopic (exact) mass is 355 g/mol. The van der Waals surface area contributed by atoms with Gasteiger partial charge in [0.1, 0.15) is 0 Å². The molecule has 2 aromatic rings. The highest BCUT2D eigenvalue weighted by molar-refractivity contribution is 7.89. The molecule has 1 aromatic carbocycles. The molecule has 124 valence electrons. The van der Waals surface area contributed by atoms with Crippen LogP contribution in [0.4, 0.5) is 0 Å². The van der Waals surface area contributed by atoms with Gasteiger partial charge in [0.15, 0.2) is 0 Å². The minimum atomic E-state index is -3.68. The van der Waals surface area contributed by atoms with Gasteiger partial charge in [0.25, 0.3) is 0 Å². The minimum Gasteiger partial charge on any atom is -0.465 e. The molecule has 0 radical (unpaired) electrons. The number of carbonyl (C=O) groups excluding carboxylic acids is 1. The molecule has 0 aliphatic carbocycles. The molecular weight excluding hydrogens is 338 g/mol. The number of benzene rings is 1. The second kappa shape index (κ2) is 7.69. The lowest BCUT2D eigenvalue weighted by molar-refractivity contribution is 0.0600. The maximum absolute atomic E-state index is 12.3. The van der Waals surface area contributed by atoms with Gasteiger partial charge in [-0.15, -0.1) is 0 Å². The second-order valence-electron chi connectivity index (χ2n) is 4.65. The largest absolute Gasteiger partial charge is 0.465 e. The molecule has 0 fully saturated rings. The topological polar surface area (TPSA) is 81.7 Å². The summed E-state index contributed by atoms with van der Waals surface area (Å²) in [5.74, 6) is -0.515. The van der Waals surface area contributed by atoms with Crippen molar-refractivity contribution in [2.75, 3.05) is 20.8 Å². The Labute approximate surface area is 139 Å². The van der Waals surface area contributed by atoms with E-state index < -0.39 is 16.0 Å². The quantitative estimate of drug-likeness (QED) is 0.770. The molecule has 1 unspecified atom stereocenters. The van der Waals surface area contributed by atoms with Gasteiger partial charge in [-0.3, -0.25) is 0 Å². The SMILES string of the molecule is COC(=O)c1ccc(S(=O)(=O)NCC(OC)c2ccsc2)cc1. The maximum atomic E-state index is 12.3. The Hall–Kier alpha value is -1.74. The Bertz CT molecular complexity index is 739. The molecule has 1 aromatic heterocycles. The van der Waals surface area contributed by atoms with E-state index in [0.29, 0.717) is 5.56 Å². The fraction of sp³-hybridized carbons (Fsp3) is 0.267. The summed E-state index contributed by atoms with van der Waals surface area (Å²) in [6.45, 7) is 0.119. The van der Waals surface area contributed by atoms with E-state index in [1.165, 1.54) is 49.8 Å². The van der Waals surface area contributed by atoms with Crippen molar-refractivity contribution < 1.29 is 22.7 Å². The van der Waals surface area contributed by atoms with Crippen molar-refractivity contribution in [3.05, 3.63) is 52.2 Å². The van der Waals surface area contributed by atoms with Crippen LogP contribution in [0.2, 0.25) is 0 Å². The first kappa shape index (κ1) is 17.6. The van der Waals surface area contributed by atoms with Crippen molar-refractivity contribution in [3.8, 4) is 0 Å². The highest BCUT2D eigenvalue weighted by atomic mass is 32.2. The summed E-state index contributed by atoms with van der Waals surface area (Å²) in [6.07, 6.45) is -0.356. The molecule has 0 aliphatic heterocycles. The van der Waals surface area contributed by atoms with E-state index in [-0.39, 0.29) is 17.5 Å². The number of esters is 1. The van der Waals surface area contributed by atoms with Crippen LogP contribution in [-0.4, -0.2) is 35.2 Å². The van der Waals surface area contributed by atoms with Crippen LogP contribution in [0.5, 0.6) is 0 Å². The summed E-state index contributed by atoms with van der Waals surface area (Å²) in [7, 11) is -0.887. The van der Waals surface area contributed by atoms with E-state index in [2.05, 4.69) is 9.46 Å². The van der Waals surface area contributed by atoms with Gasteiger partial charge in [-0.05, 0) is 46.7 Å². The molecule has 0 saturated carbocycles. The van der Waals surface area contributed by atoms with Crippen LogP contribution in [0, 0.1) is 0 Å². The fourth-order valence-electron chi connectivity index (χ4n) is 1.95. The third-order valence-electron chi connectivity index (χ3n) is 3.24. The Balaban J connectivity index is 2.08. The summed E-state index contributed by atoms with van der Waals surface area (Å²) in [4.78, 5) is 11.4. The molecule has 0 spiro atoms. The normalized spacial score (nSPS) is 12.8. The van der Waals surface area contributed by atoms with Gasteiger partial charge in [0, 0.05) is 13.7 Å². The third kappa shape index (κ3) is 4.38. The van der Waals surface area contributed by atoms with E-state index >= 15 is 0 Å². The molecule has 0 amide bonds. The van der Waals surface area contributed by atoms with Gasteiger partial charge in [0.05, 0.1) is 23.7 Å². The fourth-order valence-corrected chi connectivity index (χ4v) is 3.69. The van der Waals surface area contributed by atoms with Crippen LogP contribution in [0.15, 0.2) is 46.0 Å². The predicted octanol–water partition coefficient (Wildman–Crippen LogP) is 2.20. The Morgan fingerprint density at radius 2 is 1.91 bits per heavy atom. The third-order valence-corrected chi connectivity index (χ3v) is 5.38. The Morgan fingerprint density at radius 3 is 2.43 bits per heavy atom. The number of sulfonamides is 1. The molecule has 2 rings (SSSR count). The minimum absolute atomic E-state index is 0.0744. The van der Waals surface area contributed by atoms with Crippen LogP contribution >= 0.6 is 11.3 Å². The zero-order valence-corrected chi connectivity index (χ0v) is 14.3. The van der Waals surface area contributed by atoms with Crippen LogP contribution in [0.1, 0.15) is 22.0 Å². The van der Waals surface area contributed by atoms with E-state index in [1.807, 2.05) is 16.8 Å². The molecule has 0 aliphatic rings. The number of nitrogens with one attached hydrogen (secondary N) is 1. The average Bonchev–Trinajstić information content (AvgIpc) is 3.09. The molecule has 1 atom stereocenters. The Morgan fingerprint density at radius 1 is 1.22 bits per heavy atom. The lowest BCUT2D eigenvalue weighted by Crippen LogP contribution is -2.29. The number of rotatable bonds is 7. The zero-order valence-electron chi connectivity index (χ0n) is 12.7. The van der Waals surface area contributed by atoms with Crippen molar-refractivity contribution in [2.24, 2.45) is 0 Å². The average molecular weight is 355 g/mol. The summed E-state index contributed by atoms with van der Waals surface area (Å²) < 4.78 is 37.0. The first-order valence-corrected chi connectivity index (χ1v) is 9.13. The summed E-state index contributed by atoms with van der Waals surface area (Å²) in [5, 5.41) is 3.81.